The molecule has 0 aliphatic heterocycles. The van der Waals surface area contributed by atoms with Crippen molar-refractivity contribution in [2.75, 3.05) is 19.0 Å². The SMILES string of the molecule is CCc1cc(NCCCCCC(=O)OC)nc(C)n1. The van der Waals surface area contributed by atoms with E-state index in [9.17, 15) is 4.79 Å². The van der Waals surface area contributed by atoms with Crippen LogP contribution in [-0.2, 0) is 16.0 Å². The summed E-state index contributed by atoms with van der Waals surface area (Å²) in [6.45, 7) is 4.85. The number of unbranched alkanes of at least 4 members (excludes halogenated alkanes) is 2. The van der Waals surface area contributed by atoms with Gasteiger partial charge in [0, 0.05) is 24.7 Å². The number of hydrogen-bond donors (Lipinski definition) is 1. The molecule has 0 unspecified atom stereocenters. The monoisotopic (exact) mass is 265 g/mol. The Morgan fingerprint density at radius 1 is 1.32 bits per heavy atom. The van der Waals surface area contributed by atoms with E-state index >= 15 is 0 Å². The largest absolute Gasteiger partial charge is 0.469 e. The summed E-state index contributed by atoms with van der Waals surface area (Å²) in [4.78, 5) is 19.6. The maximum Gasteiger partial charge on any atom is 0.305 e. The Bertz CT molecular complexity index is 408. The summed E-state index contributed by atoms with van der Waals surface area (Å²) in [6.07, 6.45) is 4.31. The third kappa shape index (κ3) is 6.18. The van der Waals surface area contributed by atoms with Crippen molar-refractivity contribution in [3.05, 3.63) is 17.6 Å². The van der Waals surface area contributed by atoms with Gasteiger partial charge in [0.15, 0.2) is 0 Å². The van der Waals surface area contributed by atoms with Gasteiger partial charge in [-0.2, -0.15) is 0 Å². The Kier molecular flexibility index (Phi) is 6.85. The molecule has 0 spiro atoms. The van der Waals surface area contributed by atoms with Crippen molar-refractivity contribution in [1.82, 2.24) is 9.97 Å². The zero-order valence-electron chi connectivity index (χ0n) is 12.0. The molecule has 106 valence electrons. The lowest BCUT2D eigenvalue weighted by molar-refractivity contribution is -0.140. The topological polar surface area (TPSA) is 64.1 Å². The Labute approximate surface area is 114 Å². The highest BCUT2D eigenvalue weighted by Crippen LogP contribution is 2.08. The van der Waals surface area contributed by atoms with Crippen LogP contribution in [0.1, 0.15) is 44.1 Å². The van der Waals surface area contributed by atoms with Gasteiger partial charge >= 0.3 is 5.97 Å². The molecule has 1 N–H and O–H groups in total. The van der Waals surface area contributed by atoms with Gasteiger partial charge in [-0.05, 0) is 26.2 Å². The normalized spacial score (nSPS) is 10.3. The average Bonchev–Trinajstić information content (AvgIpc) is 2.41. The lowest BCUT2D eigenvalue weighted by Gasteiger charge is -2.07. The second-order valence-corrected chi connectivity index (χ2v) is 4.46. The highest BCUT2D eigenvalue weighted by molar-refractivity contribution is 5.68. The summed E-state index contributed by atoms with van der Waals surface area (Å²) in [7, 11) is 1.42. The number of hydrogen-bond acceptors (Lipinski definition) is 5. The van der Waals surface area contributed by atoms with Crippen LogP contribution < -0.4 is 5.32 Å². The Morgan fingerprint density at radius 3 is 2.79 bits per heavy atom. The number of rotatable bonds is 8. The molecule has 19 heavy (non-hydrogen) atoms. The van der Waals surface area contributed by atoms with Gasteiger partial charge < -0.3 is 10.1 Å². The first-order valence-corrected chi connectivity index (χ1v) is 6.81. The lowest BCUT2D eigenvalue weighted by atomic mass is 10.2. The lowest BCUT2D eigenvalue weighted by Crippen LogP contribution is -2.06. The van der Waals surface area contributed by atoms with Gasteiger partial charge in [0.1, 0.15) is 11.6 Å². The van der Waals surface area contributed by atoms with Crippen LogP contribution in [0.5, 0.6) is 0 Å². The predicted octanol–water partition coefficient (Wildman–Crippen LogP) is 2.49. The fraction of sp³-hybridized carbons (Fsp3) is 0.643. The van der Waals surface area contributed by atoms with E-state index in [4.69, 9.17) is 0 Å². The fourth-order valence-corrected chi connectivity index (χ4v) is 1.79. The highest BCUT2D eigenvalue weighted by Gasteiger charge is 2.01. The smallest absolute Gasteiger partial charge is 0.305 e. The third-order valence-electron chi connectivity index (χ3n) is 2.84. The van der Waals surface area contributed by atoms with Crippen molar-refractivity contribution in [3.8, 4) is 0 Å². The average molecular weight is 265 g/mol. The molecule has 1 aromatic rings. The molecule has 0 amide bonds. The summed E-state index contributed by atoms with van der Waals surface area (Å²) in [6, 6.07) is 1.99. The molecule has 0 radical (unpaired) electrons. The van der Waals surface area contributed by atoms with Crippen molar-refractivity contribution < 1.29 is 9.53 Å². The number of carbonyl (C=O) groups excluding carboxylic acids is 1. The molecule has 0 aliphatic carbocycles. The van der Waals surface area contributed by atoms with E-state index in [-0.39, 0.29) is 5.97 Å². The Hall–Kier alpha value is -1.65. The number of esters is 1. The third-order valence-corrected chi connectivity index (χ3v) is 2.84. The molecular weight excluding hydrogens is 242 g/mol. The fourth-order valence-electron chi connectivity index (χ4n) is 1.79. The van der Waals surface area contributed by atoms with Crippen LogP contribution in [0.4, 0.5) is 5.82 Å². The van der Waals surface area contributed by atoms with Crippen molar-refractivity contribution in [3.63, 3.8) is 0 Å². The van der Waals surface area contributed by atoms with E-state index in [2.05, 4.69) is 26.9 Å². The van der Waals surface area contributed by atoms with E-state index in [1.54, 1.807) is 0 Å². The van der Waals surface area contributed by atoms with Crippen molar-refractivity contribution >= 4 is 11.8 Å². The van der Waals surface area contributed by atoms with E-state index in [0.29, 0.717) is 6.42 Å². The number of nitrogens with one attached hydrogen (secondary N) is 1. The minimum atomic E-state index is -0.132. The molecule has 0 aliphatic rings. The van der Waals surface area contributed by atoms with Gasteiger partial charge in [0.25, 0.3) is 0 Å². The minimum absolute atomic E-state index is 0.132. The molecule has 5 heteroatoms. The minimum Gasteiger partial charge on any atom is -0.469 e. The molecule has 0 fully saturated rings. The van der Waals surface area contributed by atoms with Gasteiger partial charge in [-0.15, -0.1) is 0 Å². The summed E-state index contributed by atoms with van der Waals surface area (Å²) >= 11 is 0. The first-order chi connectivity index (χ1) is 9.15. The molecule has 0 saturated heterocycles. The van der Waals surface area contributed by atoms with Gasteiger partial charge in [-0.25, -0.2) is 9.97 Å². The zero-order chi connectivity index (χ0) is 14.1. The summed E-state index contributed by atoms with van der Waals surface area (Å²) in [5, 5.41) is 3.30. The van der Waals surface area contributed by atoms with Crippen molar-refractivity contribution in [2.24, 2.45) is 0 Å². The number of aromatic nitrogens is 2. The van der Waals surface area contributed by atoms with E-state index in [1.807, 2.05) is 13.0 Å². The van der Waals surface area contributed by atoms with Gasteiger partial charge in [-0.3, -0.25) is 4.79 Å². The molecule has 0 atom stereocenters. The number of carbonyl (C=O) groups is 1. The second kappa shape index (κ2) is 8.45. The number of ether oxygens (including phenoxy) is 1. The van der Waals surface area contributed by atoms with Crippen LogP contribution >= 0.6 is 0 Å². The van der Waals surface area contributed by atoms with Crippen LogP contribution in [0, 0.1) is 6.92 Å². The van der Waals surface area contributed by atoms with Crippen molar-refractivity contribution in [1.29, 1.82) is 0 Å². The highest BCUT2D eigenvalue weighted by atomic mass is 16.5. The van der Waals surface area contributed by atoms with E-state index in [1.165, 1.54) is 7.11 Å². The Morgan fingerprint density at radius 2 is 2.11 bits per heavy atom. The first-order valence-electron chi connectivity index (χ1n) is 6.81. The van der Waals surface area contributed by atoms with Crippen LogP contribution in [0.2, 0.25) is 0 Å². The molecule has 0 bridgehead atoms. The Balaban J connectivity index is 2.22. The number of aryl methyl sites for hydroxylation is 2. The van der Waals surface area contributed by atoms with Gasteiger partial charge in [0.05, 0.1) is 7.11 Å². The molecule has 1 heterocycles. The summed E-state index contributed by atoms with van der Waals surface area (Å²) in [5.41, 5.74) is 1.06. The van der Waals surface area contributed by atoms with Crippen LogP contribution in [0.3, 0.4) is 0 Å². The standard InChI is InChI=1S/C14H23N3O2/c1-4-12-10-13(17-11(2)16-12)15-9-7-5-6-8-14(18)19-3/h10H,4-9H2,1-3H3,(H,15,16,17). The number of methoxy groups -OCH3 is 1. The zero-order valence-corrected chi connectivity index (χ0v) is 12.0. The second-order valence-electron chi connectivity index (χ2n) is 4.46. The summed E-state index contributed by atoms with van der Waals surface area (Å²) in [5.74, 6) is 1.55. The molecule has 5 nitrogen and oxygen atoms in total. The molecule has 0 aromatic carbocycles. The summed E-state index contributed by atoms with van der Waals surface area (Å²) < 4.78 is 4.59. The number of anilines is 1. The van der Waals surface area contributed by atoms with Crippen LogP contribution in [0.15, 0.2) is 6.07 Å². The van der Waals surface area contributed by atoms with E-state index < -0.39 is 0 Å². The maximum absolute atomic E-state index is 10.9. The predicted molar refractivity (Wildman–Crippen MR) is 75.1 cm³/mol. The molecule has 1 rings (SSSR count). The van der Waals surface area contributed by atoms with Crippen LogP contribution in [-0.4, -0.2) is 29.6 Å². The molecular formula is C14H23N3O2. The number of nitrogens with zero attached hydrogens (tertiary/aromatic N) is 2. The molecule has 1 aromatic heterocycles. The first kappa shape index (κ1) is 15.4. The van der Waals surface area contributed by atoms with E-state index in [0.717, 1.165) is 49.6 Å². The van der Waals surface area contributed by atoms with Gasteiger partial charge in [-0.1, -0.05) is 13.3 Å². The van der Waals surface area contributed by atoms with Crippen LogP contribution in [0.25, 0.3) is 0 Å². The maximum atomic E-state index is 10.9. The quantitative estimate of drug-likeness (QED) is 0.578. The van der Waals surface area contributed by atoms with Crippen molar-refractivity contribution in [2.45, 2.75) is 46.0 Å². The van der Waals surface area contributed by atoms with Gasteiger partial charge in [0.2, 0.25) is 0 Å². The molecule has 0 saturated carbocycles.